The second kappa shape index (κ2) is 9.96. The average molecular weight is 504 g/mol. The van der Waals surface area contributed by atoms with Gasteiger partial charge in [-0.15, -0.1) is 11.3 Å². The molecule has 8 heteroatoms. The molecule has 0 bridgehead atoms. The molecular formula is C23H26BrN3O3S. The van der Waals surface area contributed by atoms with Crippen molar-refractivity contribution in [3.63, 3.8) is 0 Å². The van der Waals surface area contributed by atoms with E-state index in [0.29, 0.717) is 36.4 Å². The van der Waals surface area contributed by atoms with Gasteiger partial charge in [-0.2, -0.15) is 0 Å². The Morgan fingerprint density at radius 2 is 1.74 bits per heavy atom. The quantitative estimate of drug-likeness (QED) is 0.674. The number of carbonyl (C=O) groups excluding carboxylic acids is 3. The van der Waals surface area contributed by atoms with Crippen molar-refractivity contribution in [3.05, 3.63) is 56.7 Å². The number of rotatable bonds is 5. The predicted octanol–water partition coefficient (Wildman–Crippen LogP) is 3.78. The Morgan fingerprint density at radius 3 is 2.39 bits per heavy atom. The van der Waals surface area contributed by atoms with Crippen LogP contribution < -0.4 is 5.32 Å². The molecule has 4 rings (SSSR count). The first-order valence-electron chi connectivity index (χ1n) is 10.7. The number of amides is 3. The van der Waals surface area contributed by atoms with E-state index in [0.717, 1.165) is 30.4 Å². The van der Waals surface area contributed by atoms with Gasteiger partial charge in [0.25, 0.3) is 11.8 Å². The third kappa shape index (κ3) is 5.18. The van der Waals surface area contributed by atoms with Crippen molar-refractivity contribution in [1.29, 1.82) is 0 Å². The summed E-state index contributed by atoms with van der Waals surface area (Å²) in [5.74, 6) is -0.160. The van der Waals surface area contributed by atoms with Gasteiger partial charge in [0.2, 0.25) is 5.91 Å². The van der Waals surface area contributed by atoms with Gasteiger partial charge in [0, 0.05) is 36.2 Å². The first-order valence-corrected chi connectivity index (χ1v) is 12.4. The smallest absolute Gasteiger partial charge is 0.262 e. The highest BCUT2D eigenvalue weighted by atomic mass is 79.9. The summed E-state index contributed by atoms with van der Waals surface area (Å²) in [5.41, 5.74) is 0.656. The highest BCUT2D eigenvalue weighted by Crippen LogP contribution is 2.25. The second-order valence-corrected chi connectivity index (χ2v) is 9.96. The molecule has 1 atom stereocenters. The average Bonchev–Trinajstić information content (AvgIpc) is 3.51. The monoisotopic (exact) mass is 503 g/mol. The zero-order chi connectivity index (χ0) is 21.8. The molecule has 3 heterocycles. The van der Waals surface area contributed by atoms with Gasteiger partial charge < -0.3 is 15.1 Å². The molecular weight excluding hydrogens is 478 g/mol. The van der Waals surface area contributed by atoms with Crippen LogP contribution in [-0.2, 0) is 4.79 Å². The van der Waals surface area contributed by atoms with Crippen molar-refractivity contribution in [2.45, 2.75) is 31.7 Å². The minimum Gasteiger partial charge on any atom is -0.341 e. The second-order valence-electron chi connectivity index (χ2n) is 8.10. The summed E-state index contributed by atoms with van der Waals surface area (Å²) in [4.78, 5) is 43.2. The minimum absolute atomic E-state index is 0.00444. The lowest BCUT2D eigenvalue weighted by molar-refractivity contribution is -0.134. The van der Waals surface area contributed by atoms with E-state index in [4.69, 9.17) is 0 Å². The maximum atomic E-state index is 13.3. The van der Waals surface area contributed by atoms with Gasteiger partial charge in [0.1, 0.15) is 6.04 Å². The molecule has 0 spiro atoms. The lowest BCUT2D eigenvalue weighted by atomic mass is 9.88. The van der Waals surface area contributed by atoms with E-state index < -0.39 is 6.04 Å². The third-order valence-electron chi connectivity index (χ3n) is 6.09. The molecule has 0 saturated carbocycles. The number of benzene rings is 1. The van der Waals surface area contributed by atoms with Crippen molar-refractivity contribution in [2.24, 2.45) is 5.92 Å². The molecule has 2 saturated heterocycles. The van der Waals surface area contributed by atoms with E-state index in [9.17, 15) is 14.4 Å². The van der Waals surface area contributed by atoms with Gasteiger partial charge in [0.15, 0.2) is 0 Å². The largest absolute Gasteiger partial charge is 0.341 e. The molecule has 0 aliphatic carbocycles. The Hall–Kier alpha value is -2.19. The molecule has 1 unspecified atom stereocenters. The normalized spacial score (nSPS) is 18.1. The fourth-order valence-electron chi connectivity index (χ4n) is 4.38. The summed E-state index contributed by atoms with van der Waals surface area (Å²) >= 11 is 4.79. The standard InChI is InChI=1S/C23H26BrN3O3S/c24-18-6-3-5-17(15-18)22(29)27-12-8-16(9-13-27)20(23(30)26-10-1-2-11-26)25-21(28)19-7-4-14-31-19/h3-7,14-16,20H,1-2,8-13H2,(H,25,28). The van der Waals surface area contributed by atoms with E-state index >= 15 is 0 Å². The fraction of sp³-hybridized carbons (Fsp3) is 0.435. The van der Waals surface area contributed by atoms with Crippen molar-refractivity contribution in [3.8, 4) is 0 Å². The Morgan fingerprint density at radius 1 is 1.00 bits per heavy atom. The molecule has 0 radical (unpaired) electrons. The first kappa shape index (κ1) is 22.0. The Kier molecular flexibility index (Phi) is 7.07. The number of carbonyl (C=O) groups is 3. The van der Waals surface area contributed by atoms with E-state index in [2.05, 4.69) is 21.2 Å². The third-order valence-corrected chi connectivity index (χ3v) is 7.45. The molecule has 1 N–H and O–H groups in total. The van der Waals surface area contributed by atoms with Crippen LogP contribution in [0, 0.1) is 5.92 Å². The zero-order valence-corrected chi connectivity index (χ0v) is 19.7. The molecule has 2 aliphatic rings. The molecule has 3 amide bonds. The summed E-state index contributed by atoms with van der Waals surface area (Å²) in [6, 6.07) is 10.5. The first-order chi connectivity index (χ1) is 15.0. The van der Waals surface area contributed by atoms with E-state index in [-0.39, 0.29) is 23.6 Å². The molecule has 6 nitrogen and oxygen atoms in total. The van der Waals surface area contributed by atoms with Crippen LogP contribution in [0.1, 0.15) is 45.7 Å². The van der Waals surface area contributed by atoms with E-state index in [1.54, 1.807) is 6.07 Å². The molecule has 1 aromatic heterocycles. The summed E-state index contributed by atoms with van der Waals surface area (Å²) in [5, 5.41) is 4.88. The van der Waals surface area contributed by atoms with Crippen LogP contribution in [0.5, 0.6) is 0 Å². The SMILES string of the molecule is O=C(NC(C(=O)N1CCCC1)C1CCN(C(=O)c2cccc(Br)c2)CC1)c1cccs1. The van der Waals surface area contributed by atoms with Gasteiger partial charge >= 0.3 is 0 Å². The maximum absolute atomic E-state index is 13.3. The number of piperidine rings is 1. The summed E-state index contributed by atoms with van der Waals surface area (Å²) in [6.07, 6.45) is 3.40. The highest BCUT2D eigenvalue weighted by molar-refractivity contribution is 9.10. The fourth-order valence-corrected chi connectivity index (χ4v) is 5.40. The van der Waals surface area contributed by atoms with Crippen LogP contribution in [0.25, 0.3) is 0 Å². The Balaban J connectivity index is 1.44. The number of nitrogens with zero attached hydrogens (tertiary/aromatic N) is 2. The number of hydrogen-bond donors (Lipinski definition) is 1. The predicted molar refractivity (Wildman–Crippen MR) is 124 cm³/mol. The zero-order valence-electron chi connectivity index (χ0n) is 17.3. The van der Waals surface area contributed by atoms with Crippen molar-refractivity contribution in [2.75, 3.05) is 26.2 Å². The molecule has 31 heavy (non-hydrogen) atoms. The van der Waals surface area contributed by atoms with Crippen molar-refractivity contribution < 1.29 is 14.4 Å². The van der Waals surface area contributed by atoms with Crippen LogP contribution in [0.3, 0.4) is 0 Å². The van der Waals surface area contributed by atoms with Crippen LogP contribution in [0.15, 0.2) is 46.3 Å². The van der Waals surface area contributed by atoms with Crippen molar-refractivity contribution in [1.82, 2.24) is 15.1 Å². The molecule has 2 aliphatic heterocycles. The lowest BCUT2D eigenvalue weighted by Gasteiger charge is -2.37. The van der Waals surface area contributed by atoms with Gasteiger partial charge in [-0.25, -0.2) is 0 Å². The molecule has 2 fully saturated rings. The Bertz CT molecular complexity index is 935. The number of nitrogens with one attached hydrogen (secondary N) is 1. The molecule has 1 aromatic carbocycles. The molecule has 164 valence electrons. The topological polar surface area (TPSA) is 69.7 Å². The van der Waals surface area contributed by atoms with Gasteiger partial charge in [-0.1, -0.05) is 28.1 Å². The minimum atomic E-state index is -0.546. The lowest BCUT2D eigenvalue weighted by Crippen LogP contribution is -2.54. The van der Waals surface area contributed by atoms with Crippen LogP contribution in [-0.4, -0.2) is 59.7 Å². The number of thiophene rings is 1. The number of hydrogen-bond acceptors (Lipinski definition) is 4. The number of likely N-dealkylation sites (tertiary alicyclic amines) is 2. The molecule has 2 aromatic rings. The summed E-state index contributed by atoms with van der Waals surface area (Å²) in [7, 11) is 0. The maximum Gasteiger partial charge on any atom is 0.262 e. The van der Waals surface area contributed by atoms with Gasteiger partial charge in [-0.05, 0) is 61.2 Å². The summed E-state index contributed by atoms with van der Waals surface area (Å²) in [6.45, 7) is 2.66. The summed E-state index contributed by atoms with van der Waals surface area (Å²) < 4.78 is 0.876. The van der Waals surface area contributed by atoms with Crippen molar-refractivity contribution >= 4 is 45.0 Å². The van der Waals surface area contributed by atoms with E-state index in [1.165, 1.54) is 11.3 Å². The van der Waals surface area contributed by atoms with Gasteiger partial charge in [0.05, 0.1) is 4.88 Å². The van der Waals surface area contributed by atoms with Crippen LogP contribution >= 0.6 is 27.3 Å². The number of halogens is 1. The van der Waals surface area contributed by atoms with Gasteiger partial charge in [-0.3, -0.25) is 14.4 Å². The van der Waals surface area contributed by atoms with E-state index in [1.807, 2.05) is 45.5 Å². The van der Waals surface area contributed by atoms with Crippen LogP contribution in [0.2, 0.25) is 0 Å². The highest BCUT2D eigenvalue weighted by Gasteiger charge is 2.37. The Labute approximate surface area is 194 Å². The van der Waals surface area contributed by atoms with Crippen LogP contribution in [0.4, 0.5) is 0 Å².